The molecular weight excluding hydrogens is 366 g/mol. The zero-order chi connectivity index (χ0) is 20.3. The van der Waals surface area contributed by atoms with Crippen LogP contribution in [0.2, 0.25) is 0 Å². The van der Waals surface area contributed by atoms with Gasteiger partial charge in [-0.15, -0.1) is 0 Å². The van der Waals surface area contributed by atoms with Gasteiger partial charge in [-0.1, -0.05) is 12.1 Å². The molecule has 9 heteroatoms. The lowest BCUT2D eigenvalue weighted by Crippen LogP contribution is -2.42. The maximum absolute atomic E-state index is 12.5. The summed E-state index contributed by atoms with van der Waals surface area (Å²) in [6.45, 7) is 1.46. The SMILES string of the molecule is Cc1oc(CNC(=O)CCC(=O)N2CC(=O)Nc3ccccc32)cc1C(=O)O. The maximum Gasteiger partial charge on any atom is 0.339 e. The van der Waals surface area contributed by atoms with E-state index < -0.39 is 5.97 Å². The largest absolute Gasteiger partial charge is 0.478 e. The monoisotopic (exact) mass is 385 g/mol. The average Bonchev–Trinajstić information content (AvgIpc) is 3.04. The number of rotatable bonds is 6. The Morgan fingerprint density at radius 3 is 2.71 bits per heavy atom. The first-order valence-corrected chi connectivity index (χ1v) is 8.63. The van der Waals surface area contributed by atoms with E-state index in [0.29, 0.717) is 17.1 Å². The molecule has 3 N–H and O–H groups in total. The highest BCUT2D eigenvalue weighted by molar-refractivity contribution is 6.10. The lowest BCUT2D eigenvalue weighted by Gasteiger charge is -2.29. The van der Waals surface area contributed by atoms with E-state index in [0.717, 1.165) is 0 Å². The normalized spacial score (nSPS) is 12.9. The van der Waals surface area contributed by atoms with Crippen LogP contribution in [0.4, 0.5) is 11.4 Å². The van der Waals surface area contributed by atoms with E-state index in [1.807, 2.05) is 0 Å². The summed E-state index contributed by atoms with van der Waals surface area (Å²) in [6, 6.07) is 8.31. The number of carboxylic acid groups (broad SMARTS) is 1. The second-order valence-corrected chi connectivity index (χ2v) is 6.31. The first-order chi connectivity index (χ1) is 13.3. The summed E-state index contributed by atoms with van der Waals surface area (Å²) in [5, 5.41) is 14.3. The first-order valence-electron chi connectivity index (χ1n) is 8.63. The standard InChI is InChI=1S/C19H19N3O6/c1-11-13(19(26)27)8-12(28-11)9-20-16(23)6-7-18(25)22-10-17(24)21-14-4-2-3-5-15(14)22/h2-5,8H,6-7,9-10H2,1H3,(H,20,23)(H,21,24)(H,26,27). The van der Waals surface area contributed by atoms with Crippen molar-refractivity contribution < 1.29 is 28.7 Å². The minimum Gasteiger partial charge on any atom is -0.478 e. The molecular formula is C19H19N3O6. The number of hydrogen-bond acceptors (Lipinski definition) is 5. The number of carbonyl (C=O) groups excluding carboxylic acids is 3. The number of carbonyl (C=O) groups is 4. The fourth-order valence-corrected chi connectivity index (χ4v) is 2.93. The average molecular weight is 385 g/mol. The van der Waals surface area contributed by atoms with Gasteiger partial charge in [-0.3, -0.25) is 14.4 Å². The zero-order valence-corrected chi connectivity index (χ0v) is 15.2. The number of anilines is 2. The van der Waals surface area contributed by atoms with Gasteiger partial charge in [-0.05, 0) is 25.1 Å². The molecule has 0 saturated heterocycles. The van der Waals surface area contributed by atoms with Crippen molar-refractivity contribution in [2.45, 2.75) is 26.3 Å². The van der Waals surface area contributed by atoms with Crippen molar-refractivity contribution in [3.8, 4) is 0 Å². The molecule has 0 spiro atoms. The Labute approximate surface area is 160 Å². The molecule has 28 heavy (non-hydrogen) atoms. The van der Waals surface area contributed by atoms with Gasteiger partial charge in [-0.2, -0.15) is 0 Å². The van der Waals surface area contributed by atoms with Crippen LogP contribution in [0.3, 0.4) is 0 Å². The lowest BCUT2D eigenvalue weighted by molar-refractivity contribution is -0.125. The van der Waals surface area contributed by atoms with E-state index in [4.69, 9.17) is 9.52 Å². The number of fused-ring (bicyclic) bond motifs is 1. The molecule has 1 aromatic heterocycles. The van der Waals surface area contributed by atoms with Gasteiger partial charge in [0, 0.05) is 12.8 Å². The molecule has 0 saturated carbocycles. The highest BCUT2D eigenvalue weighted by Crippen LogP contribution is 2.29. The Bertz CT molecular complexity index is 949. The van der Waals surface area contributed by atoms with Gasteiger partial charge in [0.2, 0.25) is 17.7 Å². The summed E-state index contributed by atoms with van der Waals surface area (Å²) in [5.74, 6) is -1.53. The Hall–Kier alpha value is -3.62. The quantitative estimate of drug-likeness (QED) is 0.694. The molecule has 0 fully saturated rings. The maximum atomic E-state index is 12.5. The van der Waals surface area contributed by atoms with Crippen LogP contribution in [0.1, 0.15) is 34.7 Å². The predicted molar refractivity (Wildman–Crippen MR) is 98.9 cm³/mol. The summed E-state index contributed by atoms with van der Waals surface area (Å²) >= 11 is 0. The van der Waals surface area contributed by atoms with Crippen LogP contribution in [0.25, 0.3) is 0 Å². The van der Waals surface area contributed by atoms with Crippen LogP contribution in [0.5, 0.6) is 0 Å². The van der Waals surface area contributed by atoms with Gasteiger partial charge in [-0.25, -0.2) is 4.79 Å². The number of nitrogens with one attached hydrogen (secondary N) is 2. The fourth-order valence-electron chi connectivity index (χ4n) is 2.93. The third kappa shape index (κ3) is 4.20. The Balaban J connectivity index is 1.53. The number of amides is 3. The molecule has 1 aliphatic heterocycles. The minimum absolute atomic E-state index is 0.0239. The van der Waals surface area contributed by atoms with Gasteiger partial charge >= 0.3 is 5.97 Å². The second-order valence-electron chi connectivity index (χ2n) is 6.31. The smallest absolute Gasteiger partial charge is 0.339 e. The van der Waals surface area contributed by atoms with Crippen molar-refractivity contribution in [3.05, 3.63) is 47.4 Å². The van der Waals surface area contributed by atoms with Crippen LogP contribution in [-0.2, 0) is 20.9 Å². The van der Waals surface area contributed by atoms with Crippen molar-refractivity contribution in [2.75, 3.05) is 16.8 Å². The van der Waals surface area contributed by atoms with Crippen LogP contribution in [0.15, 0.2) is 34.7 Å². The molecule has 3 rings (SSSR count). The molecule has 2 aromatic rings. The molecule has 9 nitrogen and oxygen atoms in total. The summed E-state index contributed by atoms with van der Waals surface area (Å²) in [5.41, 5.74) is 1.19. The second kappa shape index (κ2) is 7.95. The number of furan rings is 1. The highest BCUT2D eigenvalue weighted by atomic mass is 16.4. The Morgan fingerprint density at radius 2 is 2.00 bits per heavy atom. The minimum atomic E-state index is -1.10. The molecule has 1 aromatic carbocycles. The van der Waals surface area contributed by atoms with Crippen molar-refractivity contribution in [3.63, 3.8) is 0 Å². The van der Waals surface area contributed by atoms with Crippen molar-refractivity contribution in [1.82, 2.24) is 5.32 Å². The van der Waals surface area contributed by atoms with Crippen LogP contribution < -0.4 is 15.5 Å². The summed E-state index contributed by atoms with van der Waals surface area (Å²) in [4.78, 5) is 48.6. The number of benzene rings is 1. The third-order valence-corrected chi connectivity index (χ3v) is 4.30. The van der Waals surface area contributed by atoms with E-state index in [-0.39, 0.29) is 55.0 Å². The topological polar surface area (TPSA) is 129 Å². The van der Waals surface area contributed by atoms with E-state index in [2.05, 4.69) is 10.6 Å². The lowest BCUT2D eigenvalue weighted by atomic mass is 10.1. The third-order valence-electron chi connectivity index (χ3n) is 4.30. The van der Waals surface area contributed by atoms with Crippen molar-refractivity contribution in [2.24, 2.45) is 0 Å². The van der Waals surface area contributed by atoms with Gasteiger partial charge in [0.25, 0.3) is 0 Å². The molecule has 0 unspecified atom stereocenters. The van der Waals surface area contributed by atoms with E-state index in [9.17, 15) is 19.2 Å². The number of aryl methyl sites for hydroxylation is 1. The van der Waals surface area contributed by atoms with Gasteiger partial charge in [0.05, 0.1) is 17.9 Å². The molecule has 0 bridgehead atoms. The van der Waals surface area contributed by atoms with Crippen LogP contribution in [-0.4, -0.2) is 35.3 Å². The number of carboxylic acids is 1. The van der Waals surface area contributed by atoms with Crippen LogP contribution >= 0.6 is 0 Å². The molecule has 3 amide bonds. The zero-order valence-electron chi connectivity index (χ0n) is 15.2. The summed E-state index contributed by atoms with van der Waals surface area (Å²) in [7, 11) is 0. The molecule has 146 valence electrons. The first kappa shape index (κ1) is 19.2. The number of hydrogen-bond donors (Lipinski definition) is 3. The number of para-hydroxylation sites is 2. The van der Waals surface area contributed by atoms with Crippen molar-refractivity contribution >= 4 is 35.1 Å². The van der Waals surface area contributed by atoms with Gasteiger partial charge in [0.1, 0.15) is 23.6 Å². The summed E-state index contributed by atoms with van der Waals surface area (Å²) in [6.07, 6.45) is -0.129. The Morgan fingerprint density at radius 1 is 1.25 bits per heavy atom. The predicted octanol–water partition coefficient (Wildman–Crippen LogP) is 1.67. The van der Waals surface area contributed by atoms with Gasteiger partial charge < -0.3 is 25.1 Å². The molecule has 2 heterocycles. The van der Waals surface area contributed by atoms with Gasteiger partial charge in [0.15, 0.2) is 0 Å². The Kier molecular flexibility index (Phi) is 5.44. The van der Waals surface area contributed by atoms with E-state index in [1.54, 1.807) is 24.3 Å². The van der Waals surface area contributed by atoms with E-state index >= 15 is 0 Å². The molecule has 0 atom stereocenters. The molecule has 0 aliphatic carbocycles. The fraction of sp³-hybridized carbons (Fsp3) is 0.263. The molecule has 1 aliphatic rings. The van der Waals surface area contributed by atoms with E-state index in [1.165, 1.54) is 17.9 Å². The molecule has 0 radical (unpaired) electrons. The van der Waals surface area contributed by atoms with Crippen LogP contribution in [0, 0.1) is 6.92 Å². The number of aromatic carboxylic acids is 1. The van der Waals surface area contributed by atoms with Crippen molar-refractivity contribution in [1.29, 1.82) is 0 Å². The highest BCUT2D eigenvalue weighted by Gasteiger charge is 2.26. The number of nitrogens with zero attached hydrogens (tertiary/aromatic N) is 1. The summed E-state index contributed by atoms with van der Waals surface area (Å²) < 4.78 is 5.28.